The molecule has 0 aliphatic carbocycles. The molecule has 0 N–H and O–H groups in total. The van der Waals surface area contributed by atoms with E-state index >= 15 is 0 Å². The molecule has 10 heavy (non-hydrogen) atoms. The molecule has 0 nitrogen and oxygen atoms in total. The SMILES string of the molecule is CCS(CC)(CC)CC.[Zn]. The van der Waals surface area contributed by atoms with Crippen molar-refractivity contribution < 1.29 is 19.5 Å². The molecule has 0 bridgehead atoms. The van der Waals surface area contributed by atoms with Crippen LogP contribution in [-0.2, 0) is 19.5 Å². The minimum Gasteiger partial charge on any atom is -0.242 e. The molecule has 0 aromatic rings. The van der Waals surface area contributed by atoms with E-state index in [1.54, 1.807) is 0 Å². The Labute approximate surface area is 80.2 Å². The van der Waals surface area contributed by atoms with Gasteiger partial charge < -0.3 is 0 Å². The molecule has 0 unspecified atom stereocenters. The van der Waals surface area contributed by atoms with Crippen LogP contribution in [0.1, 0.15) is 27.7 Å². The Kier molecular flexibility index (Phi) is 9.04. The smallest absolute Gasteiger partial charge is 0 e. The van der Waals surface area contributed by atoms with Crippen LogP contribution in [0.3, 0.4) is 0 Å². The normalized spacial score (nSPS) is 12.4. The first kappa shape index (κ1) is 13.6. The molecule has 0 aromatic heterocycles. The molecule has 0 radical (unpaired) electrons. The monoisotopic (exact) mass is 212 g/mol. The van der Waals surface area contributed by atoms with E-state index in [4.69, 9.17) is 0 Å². The zero-order chi connectivity index (χ0) is 7.33. The fourth-order valence-corrected chi connectivity index (χ4v) is 3.67. The first-order chi connectivity index (χ1) is 4.24. The summed E-state index contributed by atoms with van der Waals surface area (Å²) in [5, 5.41) is 0. The van der Waals surface area contributed by atoms with Crippen molar-refractivity contribution in [2.75, 3.05) is 23.0 Å². The van der Waals surface area contributed by atoms with Gasteiger partial charge in [-0.1, -0.05) is 27.7 Å². The molecular formula is C8H20SZn. The summed E-state index contributed by atoms with van der Waals surface area (Å²) in [6, 6.07) is 0. The van der Waals surface area contributed by atoms with Crippen LogP contribution < -0.4 is 0 Å². The predicted molar refractivity (Wildman–Crippen MR) is 49.8 cm³/mol. The first-order valence-corrected chi connectivity index (χ1v) is 6.29. The number of rotatable bonds is 4. The van der Waals surface area contributed by atoms with Gasteiger partial charge in [0.25, 0.3) is 0 Å². The Morgan fingerprint density at radius 1 is 0.700 bits per heavy atom. The summed E-state index contributed by atoms with van der Waals surface area (Å²) in [6.45, 7) is 9.36. The van der Waals surface area contributed by atoms with E-state index in [2.05, 4.69) is 27.7 Å². The molecule has 0 rings (SSSR count). The second kappa shape index (κ2) is 6.67. The molecule has 60 valence electrons. The number of hydrogen-bond acceptors (Lipinski definition) is 0. The molecular weight excluding hydrogens is 194 g/mol. The molecule has 0 saturated heterocycles. The largest absolute Gasteiger partial charge is 0.242 e. The van der Waals surface area contributed by atoms with Gasteiger partial charge in [-0.05, 0) is 23.0 Å². The Morgan fingerprint density at radius 3 is 0.900 bits per heavy atom. The fourth-order valence-electron chi connectivity index (χ4n) is 1.22. The molecule has 0 spiro atoms. The Hall–Kier alpha value is 0.973. The van der Waals surface area contributed by atoms with Crippen molar-refractivity contribution in [2.24, 2.45) is 0 Å². The van der Waals surface area contributed by atoms with Crippen LogP contribution in [0.2, 0.25) is 0 Å². The maximum Gasteiger partial charge on any atom is 0 e. The summed E-state index contributed by atoms with van der Waals surface area (Å²) in [5.74, 6) is 5.71. The Bertz CT molecular complexity index is 52.1. The average Bonchev–Trinajstić information content (AvgIpc) is 1.95. The summed E-state index contributed by atoms with van der Waals surface area (Å²) in [7, 11) is -0.148. The second-order valence-electron chi connectivity index (χ2n) is 2.38. The zero-order valence-corrected chi connectivity index (χ0v) is 11.7. The molecule has 0 heterocycles. The Morgan fingerprint density at radius 2 is 0.900 bits per heavy atom. The molecule has 0 amide bonds. The van der Waals surface area contributed by atoms with Gasteiger partial charge in [0.15, 0.2) is 0 Å². The third-order valence-electron chi connectivity index (χ3n) is 2.45. The third kappa shape index (κ3) is 3.39. The van der Waals surface area contributed by atoms with Crippen LogP contribution in [-0.4, -0.2) is 23.0 Å². The standard InChI is InChI=1S/C8H20S.Zn/c1-5-9(6-2,7-3)8-4;/h5-8H2,1-4H3;. The molecule has 0 atom stereocenters. The molecule has 0 aliphatic rings. The molecule has 2 heteroatoms. The van der Waals surface area contributed by atoms with Crippen molar-refractivity contribution in [2.45, 2.75) is 27.7 Å². The summed E-state index contributed by atoms with van der Waals surface area (Å²) in [5.41, 5.74) is 0. The van der Waals surface area contributed by atoms with Gasteiger partial charge in [-0.15, -0.1) is 0 Å². The molecule has 0 aromatic carbocycles. The quantitative estimate of drug-likeness (QED) is 0.630. The van der Waals surface area contributed by atoms with Crippen molar-refractivity contribution in [3.63, 3.8) is 0 Å². The van der Waals surface area contributed by atoms with Gasteiger partial charge in [-0.2, -0.15) is 0 Å². The van der Waals surface area contributed by atoms with E-state index in [-0.39, 0.29) is 29.5 Å². The fraction of sp³-hybridized carbons (Fsp3) is 1.00. The van der Waals surface area contributed by atoms with E-state index in [1.165, 1.54) is 23.0 Å². The van der Waals surface area contributed by atoms with E-state index in [0.29, 0.717) is 0 Å². The van der Waals surface area contributed by atoms with Crippen LogP contribution in [0.5, 0.6) is 0 Å². The summed E-state index contributed by atoms with van der Waals surface area (Å²) >= 11 is 0. The first-order valence-electron chi connectivity index (χ1n) is 3.98. The van der Waals surface area contributed by atoms with Gasteiger partial charge in [0.1, 0.15) is 0 Å². The van der Waals surface area contributed by atoms with Crippen molar-refractivity contribution in [3.05, 3.63) is 0 Å². The summed E-state index contributed by atoms with van der Waals surface area (Å²) in [6.07, 6.45) is 0. The van der Waals surface area contributed by atoms with Gasteiger partial charge in [0.05, 0.1) is 0 Å². The minimum atomic E-state index is -0.148. The van der Waals surface area contributed by atoms with Crippen molar-refractivity contribution in [1.29, 1.82) is 0 Å². The topological polar surface area (TPSA) is 0 Å². The molecule has 0 fully saturated rings. The summed E-state index contributed by atoms with van der Waals surface area (Å²) < 4.78 is 0. The van der Waals surface area contributed by atoms with Gasteiger partial charge in [0, 0.05) is 19.5 Å². The Balaban J connectivity index is 0. The van der Waals surface area contributed by atoms with Gasteiger partial charge >= 0.3 is 0 Å². The van der Waals surface area contributed by atoms with Crippen molar-refractivity contribution >= 4 is 10.0 Å². The van der Waals surface area contributed by atoms with Crippen LogP contribution in [0.4, 0.5) is 0 Å². The van der Waals surface area contributed by atoms with Gasteiger partial charge in [-0.3, -0.25) is 0 Å². The predicted octanol–water partition coefficient (Wildman–Crippen LogP) is 2.87. The van der Waals surface area contributed by atoms with Crippen molar-refractivity contribution in [1.82, 2.24) is 0 Å². The zero-order valence-electron chi connectivity index (χ0n) is 7.94. The second-order valence-corrected chi connectivity index (χ2v) is 7.14. The van der Waals surface area contributed by atoms with Crippen LogP contribution in [0, 0.1) is 0 Å². The maximum absolute atomic E-state index is 2.34. The van der Waals surface area contributed by atoms with Crippen LogP contribution in [0.25, 0.3) is 0 Å². The molecule has 0 aliphatic heterocycles. The van der Waals surface area contributed by atoms with Crippen LogP contribution >= 0.6 is 10.0 Å². The van der Waals surface area contributed by atoms with Gasteiger partial charge in [0.2, 0.25) is 0 Å². The third-order valence-corrected chi connectivity index (χ3v) is 7.35. The molecule has 0 saturated carbocycles. The minimum absolute atomic E-state index is 0. The van der Waals surface area contributed by atoms with Crippen molar-refractivity contribution in [3.8, 4) is 0 Å². The maximum atomic E-state index is 2.34. The van der Waals surface area contributed by atoms with Gasteiger partial charge in [-0.25, -0.2) is 10.0 Å². The van der Waals surface area contributed by atoms with E-state index < -0.39 is 0 Å². The van der Waals surface area contributed by atoms with Crippen LogP contribution in [0.15, 0.2) is 0 Å². The summed E-state index contributed by atoms with van der Waals surface area (Å²) in [4.78, 5) is 0. The van der Waals surface area contributed by atoms with E-state index in [1.807, 2.05) is 0 Å². The van der Waals surface area contributed by atoms with E-state index in [0.717, 1.165) is 0 Å². The number of hydrogen-bond donors (Lipinski definition) is 0. The average molecular weight is 214 g/mol. The van der Waals surface area contributed by atoms with E-state index in [9.17, 15) is 0 Å².